The number of benzene rings is 1. The fraction of sp³-hybridized carbons (Fsp3) is 0.300. The highest BCUT2D eigenvalue weighted by Crippen LogP contribution is 2.17. The van der Waals surface area contributed by atoms with E-state index in [1.54, 1.807) is 0 Å². The molecule has 0 fully saturated rings. The molecule has 0 amide bonds. The topological polar surface area (TPSA) is 128 Å². The van der Waals surface area contributed by atoms with Gasteiger partial charge in [-0.25, -0.2) is 0 Å². The van der Waals surface area contributed by atoms with Crippen LogP contribution in [0.5, 0.6) is 0 Å². The molecule has 0 aromatic heterocycles. The van der Waals surface area contributed by atoms with Crippen LogP contribution >= 0.6 is 0 Å². The summed E-state index contributed by atoms with van der Waals surface area (Å²) < 4.78 is 31.6. The van der Waals surface area contributed by atoms with Gasteiger partial charge in [0.15, 0.2) is 5.96 Å². The van der Waals surface area contributed by atoms with Crippen LogP contribution < -0.4 is 5.73 Å². The van der Waals surface area contributed by atoms with Crippen molar-refractivity contribution < 1.29 is 17.5 Å². The summed E-state index contributed by atoms with van der Waals surface area (Å²) in [5.41, 5.74) is 8.12. The Balaban J connectivity index is 0.000000280. The molecule has 0 saturated carbocycles. The van der Waals surface area contributed by atoms with Gasteiger partial charge in [-0.05, 0) is 17.5 Å². The van der Waals surface area contributed by atoms with Gasteiger partial charge in [0.2, 0.25) is 0 Å². The Morgan fingerprint density at radius 3 is 2.28 bits per heavy atom. The maximum atomic E-state index is 8.74. The summed E-state index contributed by atoms with van der Waals surface area (Å²) in [7, 11) is -4.67. The van der Waals surface area contributed by atoms with Crippen molar-refractivity contribution in [3.8, 4) is 0 Å². The summed E-state index contributed by atoms with van der Waals surface area (Å²) in [6.45, 7) is 1.65. The quantitative estimate of drug-likeness (QED) is 0.177. The maximum Gasteiger partial charge on any atom is 0.394 e. The first-order chi connectivity index (χ1) is 8.27. The SMILES string of the molecule is O=S(=O)(O)O.[15NH]=[13C]([15NH2])N1CCc2ccccc2C1. The zero-order chi connectivity index (χ0) is 13.8. The predicted octanol–water partition coefficient (Wildman–Crippen LogP) is 0.285. The highest BCUT2D eigenvalue weighted by Gasteiger charge is 2.15. The molecule has 1 aliphatic heterocycles. The first kappa shape index (κ1) is 14.4. The highest BCUT2D eigenvalue weighted by molar-refractivity contribution is 7.79. The van der Waals surface area contributed by atoms with Gasteiger partial charge in [0.25, 0.3) is 0 Å². The fourth-order valence-electron chi connectivity index (χ4n) is 1.70. The van der Waals surface area contributed by atoms with Crippen LogP contribution in [0.3, 0.4) is 0 Å². The molecule has 18 heavy (non-hydrogen) atoms. The largest absolute Gasteiger partial charge is 0.394 e. The lowest BCUT2D eigenvalue weighted by Crippen LogP contribution is -2.39. The number of fused-ring (bicyclic) bond motifs is 1. The lowest BCUT2D eigenvalue weighted by atomic mass is 10.0. The van der Waals surface area contributed by atoms with Crippen molar-refractivity contribution in [3.63, 3.8) is 0 Å². The second-order valence-corrected chi connectivity index (χ2v) is 4.67. The minimum atomic E-state index is -4.67. The smallest absolute Gasteiger partial charge is 0.370 e. The van der Waals surface area contributed by atoms with E-state index in [2.05, 4.69) is 18.2 Å². The lowest BCUT2D eigenvalue weighted by Gasteiger charge is -2.28. The Labute approximate surface area is 105 Å². The molecule has 1 heterocycles. The van der Waals surface area contributed by atoms with Crippen LogP contribution in [-0.2, 0) is 23.4 Å². The van der Waals surface area contributed by atoms with Gasteiger partial charge < -0.3 is 10.6 Å². The van der Waals surface area contributed by atoms with Gasteiger partial charge in [0.05, 0.1) is 0 Å². The summed E-state index contributed by atoms with van der Waals surface area (Å²) in [6.07, 6.45) is 0.996. The van der Waals surface area contributed by atoms with E-state index in [0.717, 1.165) is 19.5 Å². The van der Waals surface area contributed by atoms with Crippen molar-refractivity contribution in [1.29, 1.82) is 5.41 Å². The van der Waals surface area contributed by atoms with E-state index in [9.17, 15) is 0 Å². The van der Waals surface area contributed by atoms with Gasteiger partial charge in [-0.15, -0.1) is 0 Å². The molecule has 100 valence electrons. The molecule has 0 radical (unpaired) electrons. The highest BCUT2D eigenvalue weighted by atomic mass is 32.3. The molecule has 0 aliphatic carbocycles. The van der Waals surface area contributed by atoms with E-state index >= 15 is 0 Å². The van der Waals surface area contributed by atoms with Crippen LogP contribution in [-0.4, -0.2) is 34.9 Å². The molecule has 1 aromatic carbocycles. The van der Waals surface area contributed by atoms with E-state index in [0.29, 0.717) is 0 Å². The Bertz CT molecular complexity index is 522. The lowest BCUT2D eigenvalue weighted by molar-refractivity contribution is 0.381. The number of nitrogens with two attached hydrogens (primary N) is 1. The molecule has 0 atom stereocenters. The summed E-state index contributed by atoms with van der Waals surface area (Å²) in [5.74, 6) is 0.175. The van der Waals surface area contributed by atoms with E-state index in [1.165, 1.54) is 11.1 Å². The van der Waals surface area contributed by atoms with Crippen LogP contribution in [0.25, 0.3) is 0 Å². The number of nitrogens with one attached hydrogen (secondary N) is 1. The van der Waals surface area contributed by atoms with E-state index in [4.69, 9.17) is 28.7 Å². The molecule has 5 N–H and O–H groups in total. The molecule has 7 nitrogen and oxygen atoms in total. The first-order valence-electron chi connectivity index (χ1n) is 5.13. The number of hydrogen-bond donors (Lipinski definition) is 4. The molecule has 8 heteroatoms. The van der Waals surface area contributed by atoms with Gasteiger partial charge in [0, 0.05) is 13.1 Å². The molecule has 0 spiro atoms. The van der Waals surface area contributed by atoms with Crippen molar-refractivity contribution in [2.75, 3.05) is 6.54 Å². The first-order valence-corrected chi connectivity index (χ1v) is 6.52. The van der Waals surface area contributed by atoms with Gasteiger partial charge >= 0.3 is 10.4 Å². The van der Waals surface area contributed by atoms with Gasteiger partial charge in [-0.2, -0.15) is 8.42 Å². The number of guanidine groups is 1. The number of rotatable bonds is 0. The minimum absolute atomic E-state index is 0.175. The second-order valence-electron chi connectivity index (χ2n) is 3.77. The Morgan fingerprint density at radius 1 is 1.28 bits per heavy atom. The third-order valence-electron chi connectivity index (χ3n) is 2.47. The van der Waals surface area contributed by atoms with Crippen LogP contribution in [0.15, 0.2) is 24.3 Å². The van der Waals surface area contributed by atoms with Crippen LogP contribution in [0.4, 0.5) is 0 Å². The van der Waals surface area contributed by atoms with Crippen molar-refractivity contribution >= 4 is 16.4 Å². The summed E-state index contributed by atoms with van der Waals surface area (Å²) in [5, 5.41) is 7.33. The van der Waals surface area contributed by atoms with Crippen LogP contribution in [0, 0.1) is 5.41 Å². The average Bonchev–Trinajstić information content (AvgIpc) is 2.26. The summed E-state index contributed by atoms with van der Waals surface area (Å²) >= 11 is 0. The zero-order valence-corrected chi connectivity index (χ0v) is 10.4. The maximum absolute atomic E-state index is 8.74. The standard InChI is InChI=1S/C10H13N3.H2O4S/c11-10(12)13-6-5-8-3-1-2-4-9(8)7-13;1-5(2,3)4/h1-4H,5-7H2,(H3,11,12);(H2,1,2,3,4)/i10+1,11+1,12+1;. The third kappa shape index (κ3) is 5.13. The molecule has 0 bridgehead atoms. The molecule has 0 unspecified atom stereocenters. The molecule has 1 aliphatic rings. The monoisotopic (exact) mass is 276 g/mol. The van der Waals surface area contributed by atoms with Crippen molar-refractivity contribution in [3.05, 3.63) is 35.4 Å². The Kier molecular flexibility index (Phi) is 4.65. The van der Waals surface area contributed by atoms with Gasteiger partial charge in [-0.3, -0.25) is 14.5 Å². The van der Waals surface area contributed by atoms with Crippen LogP contribution in [0.1, 0.15) is 11.1 Å². The zero-order valence-electron chi connectivity index (χ0n) is 9.57. The van der Waals surface area contributed by atoms with E-state index < -0.39 is 10.4 Å². The molecular formula is C10H15N3O4S. The minimum Gasteiger partial charge on any atom is -0.370 e. The van der Waals surface area contributed by atoms with Crippen LogP contribution in [0.2, 0.25) is 0 Å². The fourth-order valence-corrected chi connectivity index (χ4v) is 1.70. The second kappa shape index (κ2) is 5.80. The summed E-state index contributed by atoms with van der Waals surface area (Å²) in [6, 6.07) is 8.34. The molecule has 0 saturated heterocycles. The van der Waals surface area contributed by atoms with E-state index in [1.807, 2.05) is 11.0 Å². The molecular weight excluding hydrogens is 261 g/mol. The average molecular weight is 276 g/mol. The van der Waals surface area contributed by atoms with Crippen molar-refractivity contribution in [2.45, 2.75) is 13.0 Å². The summed E-state index contributed by atoms with van der Waals surface area (Å²) in [4.78, 5) is 1.89. The Hall–Kier alpha value is -1.64. The number of hydrogen-bond acceptors (Lipinski definition) is 3. The third-order valence-corrected chi connectivity index (χ3v) is 2.47. The van der Waals surface area contributed by atoms with Gasteiger partial charge in [-0.1, -0.05) is 24.3 Å². The van der Waals surface area contributed by atoms with Gasteiger partial charge in [0.1, 0.15) is 0 Å². The normalized spacial score (nSPS) is 14.2. The molecule has 2 rings (SSSR count). The Morgan fingerprint density at radius 2 is 1.78 bits per heavy atom. The number of nitrogens with zero attached hydrogens (tertiary/aromatic N) is 1. The predicted molar refractivity (Wildman–Crippen MR) is 66.6 cm³/mol. The van der Waals surface area contributed by atoms with Crippen molar-refractivity contribution in [1.82, 2.24) is 4.90 Å². The van der Waals surface area contributed by atoms with E-state index in [-0.39, 0.29) is 5.96 Å². The molecule has 1 aromatic rings. The van der Waals surface area contributed by atoms with Crippen molar-refractivity contribution in [2.24, 2.45) is 5.73 Å².